The molecule has 1 aromatic carbocycles. The summed E-state index contributed by atoms with van der Waals surface area (Å²) in [5, 5.41) is 0.490. The van der Waals surface area contributed by atoms with Crippen molar-refractivity contribution in [1.82, 2.24) is 9.97 Å². The zero-order chi connectivity index (χ0) is 13.2. The van der Waals surface area contributed by atoms with E-state index < -0.39 is 0 Å². The number of hydrogen-bond acceptors (Lipinski definition) is 3. The van der Waals surface area contributed by atoms with Crippen LogP contribution in [0.1, 0.15) is 24.7 Å². The molecule has 1 aliphatic rings. The fourth-order valence-electron chi connectivity index (χ4n) is 2.35. The summed E-state index contributed by atoms with van der Waals surface area (Å²) in [6.45, 7) is 2.85. The van der Waals surface area contributed by atoms with Gasteiger partial charge in [0.05, 0.1) is 12.3 Å². The van der Waals surface area contributed by atoms with Gasteiger partial charge in [0.25, 0.3) is 0 Å². The molecule has 2 aromatic rings. The van der Waals surface area contributed by atoms with Gasteiger partial charge in [0, 0.05) is 24.5 Å². The minimum absolute atomic E-state index is 0.490. The SMILES string of the molecule is CCCc1nc(Cl)cc(-c2cccc3c2OCC3)n1. The highest BCUT2D eigenvalue weighted by atomic mass is 35.5. The van der Waals surface area contributed by atoms with Crippen molar-refractivity contribution in [3.8, 4) is 17.0 Å². The van der Waals surface area contributed by atoms with Crippen LogP contribution in [0, 0.1) is 0 Å². The molecule has 1 aromatic heterocycles. The van der Waals surface area contributed by atoms with Crippen LogP contribution in [0.3, 0.4) is 0 Å². The van der Waals surface area contributed by atoms with Gasteiger partial charge in [0.15, 0.2) is 0 Å². The van der Waals surface area contributed by atoms with E-state index in [1.807, 2.05) is 12.1 Å². The maximum Gasteiger partial charge on any atom is 0.133 e. The summed E-state index contributed by atoms with van der Waals surface area (Å²) in [6.07, 6.45) is 2.80. The molecule has 0 aliphatic carbocycles. The number of hydrogen-bond donors (Lipinski definition) is 0. The molecule has 0 saturated carbocycles. The van der Waals surface area contributed by atoms with Crippen LogP contribution in [0.5, 0.6) is 5.75 Å². The first kappa shape index (κ1) is 12.4. The lowest BCUT2D eigenvalue weighted by Gasteiger charge is -2.09. The number of rotatable bonds is 3. The molecular formula is C15H15ClN2O. The number of ether oxygens (including phenoxy) is 1. The first-order valence-electron chi connectivity index (χ1n) is 6.56. The van der Waals surface area contributed by atoms with Crippen LogP contribution in [0.15, 0.2) is 24.3 Å². The predicted octanol–water partition coefficient (Wildman–Crippen LogP) is 3.68. The van der Waals surface area contributed by atoms with Crippen molar-refractivity contribution in [1.29, 1.82) is 0 Å². The van der Waals surface area contributed by atoms with Gasteiger partial charge in [-0.3, -0.25) is 0 Å². The van der Waals surface area contributed by atoms with E-state index in [1.165, 1.54) is 5.56 Å². The Hall–Kier alpha value is -1.61. The number of aromatic nitrogens is 2. The zero-order valence-electron chi connectivity index (χ0n) is 10.8. The van der Waals surface area contributed by atoms with Crippen LogP contribution >= 0.6 is 11.6 Å². The third-order valence-electron chi connectivity index (χ3n) is 3.21. The van der Waals surface area contributed by atoms with Crippen molar-refractivity contribution in [2.45, 2.75) is 26.2 Å². The zero-order valence-corrected chi connectivity index (χ0v) is 11.6. The highest BCUT2D eigenvalue weighted by Gasteiger charge is 2.18. The van der Waals surface area contributed by atoms with E-state index in [4.69, 9.17) is 16.3 Å². The Bertz CT molecular complexity index is 613. The van der Waals surface area contributed by atoms with Crippen LogP contribution in [0.4, 0.5) is 0 Å². The molecule has 0 N–H and O–H groups in total. The highest BCUT2D eigenvalue weighted by molar-refractivity contribution is 6.29. The van der Waals surface area contributed by atoms with E-state index in [2.05, 4.69) is 23.0 Å². The number of fused-ring (bicyclic) bond motifs is 1. The second kappa shape index (κ2) is 5.17. The molecule has 0 amide bonds. The monoisotopic (exact) mass is 274 g/mol. The first-order chi connectivity index (χ1) is 9.28. The fourth-order valence-corrected chi connectivity index (χ4v) is 2.56. The number of halogens is 1. The number of aryl methyl sites for hydroxylation is 1. The van der Waals surface area contributed by atoms with Crippen LogP contribution in [-0.4, -0.2) is 16.6 Å². The molecule has 0 saturated heterocycles. The molecule has 3 nitrogen and oxygen atoms in total. The van der Waals surface area contributed by atoms with Crippen LogP contribution in [0.25, 0.3) is 11.3 Å². The Morgan fingerprint density at radius 2 is 2.21 bits per heavy atom. The van der Waals surface area contributed by atoms with E-state index in [1.54, 1.807) is 6.07 Å². The Balaban J connectivity index is 2.09. The highest BCUT2D eigenvalue weighted by Crippen LogP contribution is 2.36. The van der Waals surface area contributed by atoms with Crippen molar-refractivity contribution in [3.63, 3.8) is 0 Å². The molecule has 0 fully saturated rings. The summed E-state index contributed by atoms with van der Waals surface area (Å²) in [5.74, 6) is 1.74. The number of para-hydroxylation sites is 1. The summed E-state index contributed by atoms with van der Waals surface area (Å²) in [4.78, 5) is 8.85. The van der Waals surface area contributed by atoms with E-state index >= 15 is 0 Å². The van der Waals surface area contributed by atoms with Gasteiger partial charge >= 0.3 is 0 Å². The predicted molar refractivity (Wildman–Crippen MR) is 75.7 cm³/mol. The average molecular weight is 275 g/mol. The molecule has 0 spiro atoms. The molecule has 4 heteroatoms. The normalized spacial score (nSPS) is 13.2. The Morgan fingerprint density at radius 1 is 1.32 bits per heavy atom. The summed E-state index contributed by atoms with van der Waals surface area (Å²) >= 11 is 6.09. The minimum atomic E-state index is 0.490. The molecular weight excluding hydrogens is 260 g/mol. The van der Waals surface area contributed by atoms with Gasteiger partial charge in [-0.25, -0.2) is 9.97 Å². The third kappa shape index (κ3) is 2.43. The van der Waals surface area contributed by atoms with E-state index in [0.29, 0.717) is 5.15 Å². The minimum Gasteiger partial charge on any atom is -0.492 e. The van der Waals surface area contributed by atoms with Crippen LogP contribution in [-0.2, 0) is 12.8 Å². The summed E-state index contributed by atoms with van der Waals surface area (Å²) in [7, 11) is 0. The Labute approximate surface area is 117 Å². The summed E-state index contributed by atoms with van der Waals surface area (Å²) in [5.41, 5.74) is 3.10. The molecule has 98 valence electrons. The standard InChI is InChI=1S/C15H15ClN2O/c1-2-4-14-17-12(9-13(16)18-14)11-6-3-5-10-7-8-19-15(10)11/h3,5-6,9H,2,4,7-8H2,1H3. The van der Waals surface area contributed by atoms with Crippen molar-refractivity contribution in [2.75, 3.05) is 6.61 Å². The second-order valence-corrected chi connectivity index (χ2v) is 5.02. The molecule has 2 heterocycles. The van der Waals surface area contributed by atoms with Crippen molar-refractivity contribution >= 4 is 11.6 Å². The molecule has 0 unspecified atom stereocenters. The van der Waals surface area contributed by atoms with E-state index in [9.17, 15) is 0 Å². The molecule has 0 radical (unpaired) electrons. The maximum atomic E-state index is 6.09. The van der Waals surface area contributed by atoms with Gasteiger partial charge < -0.3 is 4.74 Å². The molecule has 3 rings (SSSR count). The van der Waals surface area contributed by atoms with Crippen molar-refractivity contribution < 1.29 is 4.74 Å². The molecule has 19 heavy (non-hydrogen) atoms. The first-order valence-corrected chi connectivity index (χ1v) is 6.94. The second-order valence-electron chi connectivity index (χ2n) is 4.63. The largest absolute Gasteiger partial charge is 0.492 e. The Morgan fingerprint density at radius 3 is 3.05 bits per heavy atom. The van der Waals surface area contributed by atoms with Crippen LogP contribution in [0.2, 0.25) is 5.15 Å². The summed E-state index contributed by atoms with van der Waals surface area (Å²) < 4.78 is 5.72. The third-order valence-corrected chi connectivity index (χ3v) is 3.40. The van der Waals surface area contributed by atoms with Gasteiger partial charge in [-0.15, -0.1) is 0 Å². The number of nitrogens with zero attached hydrogens (tertiary/aromatic N) is 2. The average Bonchev–Trinajstić information content (AvgIpc) is 2.86. The lowest BCUT2D eigenvalue weighted by atomic mass is 10.1. The molecule has 0 bridgehead atoms. The smallest absolute Gasteiger partial charge is 0.133 e. The lowest BCUT2D eigenvalue weighted by Crippen LogP contribution is -1.98. The fraction of sp³-hybridized carbons (Fsp3) is 0.333. The van der Waals surface area contributed by atoms with Crippen molar-refractivity contribution in [2.24, 2.45) is 0 Å². The lowest BCUT2D eigenvalue weighted by molar-refractivity contribution is 0.358. The van der Waals surface area contributed by atoms with Gasteiger partial charge in [0.2, 0.25) is 0 Å². The van der Waals surface area contributed by atoms with Crippen LogP contribution < -0.4 is 4.74 Å². The van der Waals surface area contributed by atoms with Gasteiger partial charge in [-0.05, 0) is 18.1 Å². The van der Waals surface area contributed by atoms with E-state index in [-0.39, 0.29) is 0 Å². The topological polar surface area (TPSA) is 35.0 Å². The summed E-state index contributed by atoms with van der Waals surface area (Å²) in [6, 6.07) is 7.97. The van der Waals surface area contributed by atoms with Gasteiger partial charge in [-0.1, -0.05) is 30.7 Å². The maximum absolute atomic E-state index is 6.09. The quantitative estimate of drug-likeness (QED) is 0.801. The molecule has 1 aliphatic heterocycles. The Kier molecular flexibility index (Phi) is 3.38. The van der Waals surface area contributed by atoms with Crippen molar-refractivity contribution in [3.05, 3.63) is 40.8 Å². The van der Waals surface area contributed by atoms with Gasteiger partial charge in [0.1, 0.15) is 16.7 Å². The van der Waals surface area contributed by atoms with E-state index in [0.717, 1.165) is 48.7 Å². The molecule has 0 atom stereocenters. The van der Waals surface area contributed by atoms with Gasteiger partial charge in [-0.2, -0.15) is 0 Å². The number of benzene rings is 1.